The van der Waals surface area contributed by atoms with Crippen LogP contribution in [0.25, 0.3) is 22.3 Å². The Bertz CT molecular complexity index is 921. The predicted octanol–water partition coefficient (Wildman–Crippen LogP) is 4.04. The summed E-state index contributed by atoms with van der Waals surface area (Å²) in [4.78, 5) is 12.8. The van der Waals surface area contributed by atoms with Crippen molar-refractivity contribution < 1.29 is 5.11 Å². The molecule has 0 radical (unpaired) electrons. The lowest BCUT2D eigenvalue weighted by Gasteiger charge is -2.09. The van der Waals surface area contributed by atoms with Gasteiger partial charge in [-0.25, -0.2) is 4.68 Å². The predicted molar refractivity (Wildman–Crippen MR) is 97.3 cm³/mol. The summed E-state index contributed by atoms with van der Waals surface area (Å²) in [6, 6.07) is 16.1. The molecule has 3 aromatic rings. The number of aryl methyl sites for hydroxylation is 1. The van der Waals surface area contributed by atoms with Crippen molar-refractivity contribution >= 4 is 0 Å². The Morgan fingerprint density at radius 2 is 1.58 bits per heavy atom. The van der Waals surface area contributed by atoms with Crippen LogP contribution in [0.2, 0.25) is 0 Å². The van der Waals surface area contributed by atoms with Gasteiger partial charge in [0.05, 0.1) is 0 Å². The molecule has 0 amide bonds. The largest absolute Gasteiger partial charge is 0.493 e. The van der Waals surface area contributed by atoms with Crippen LogP contribution in [0.4, 0.5) is 0 Å². The van der Waals surface area contributed by atoms with Crippen molar-refractivity contribution in [2.75, 3.05) is 0 Å². The van der Waals surface area contributed by atoms with Gasteiger partial charge in [-0.15, -0.1) is 0 Å². The molecule has 2 aromatic carbocycles. The monoisotopic (exact) mass is 322 g/mol. The van der Waals surface area contributed by atoms with Crippen LogP contribution in [0.3, 0.4) is 0 Å². The Hall–Kier alpha value is -2.75. The van der Waals surface area contributed by atoms with E-state index in [2.05, 4.69) is 0 Å². The molecular formula is C20H22N2O2. The molecule has 1 heterocycles. The van der Waals surface area contributed by atoms with E-state index in [1.807, 2.05) is 69.3 Å². The molecule has 0 atom stereocenters. The van der Waals surface area contributed by atoms with Crippen molar-refractivity contribution in [3.8, 4) is 28.1 Å². The zero-order chi connectivity index (χ0) is 17.3. The van der Waals surface area contributed by atoms with E-state index in [1.54, 1.807) is 9.36 Å². The van der Waals surface area contributed by atoms with Gasteiger partial charge in [0.2, 0.25) is 5.88 Å². The summed E-state index contributed by atoms with van der Waals surface area (Å²) in [6.45, 7) is 6.86. The van der Waals surface area contributed by atoms with Gasteiger partial charge >= 0.3 is 0 Å². The Balaban J connectivity index is 2.24. The van der Waals surface area contributed by atoms with Crippen LogP contribution in [-0.2, 0) is 13.1 Å². The van der Waals surface area contributed by atoms with Gasteiger partial charge in [0, 0.05) is 13.1 Å². The molecule has 0 saturated carbocycles. The van der Waals surface area contributed by atoms with Crippen LogP contribution in [0.5, 0.6) is 5.88 Å². The number of benzene rings is 2. The highest BCUT2D eigenvalue weighted by Crippen LogP contribution is 2.32. The highest BCUT2D eigenvalue weighted by atomic mass is 16.3. The topological polar surface area (TPSA) is 47.2 Å². The van der Waals surface area contributed by atoms with E-state index in [9.17, 15) is 9.90 Å². The molecule has 1 N–H and O–H groups in total. The molecular weight excluding hydrogens is 300 g/mol. The minimum Gasteiger partial charge on any atom is -0.493 e. The summed E-state index contributed by atoms with van der Waals surface area (Å²) in [5.74, 6) is 0.0395. The highest BCUT2D eigenvalue weighted by molar-refractivity contribution is 5.77. The van der Waals surface area contributed by atoms with E-state index in [4.69, 9.17) is 0 Å². The molecule has 0 aliphatic rings. The van der Waals surface area contributed by atoms with E-state index in [0.29, 0.717) is 18.7 Å². The van der Waals surface area contributed by atoms with Gasteiger partial charge < -0.3 is 5.11 Å². The lowest BCUT2D eigenvalue weighted by atomic mass is 9.96. The van der Waals surface area contributed by atoms with Gasteiger partial charge in [-0.2, -0.15) is 0 Å². The zero-order valence-electron chi connectivity index (χ0n) is 14.3. The first-order valence-electron chi connectivity index (χ1n) is 8.27. The van der Waals surface area contributed by atoms with E-state index in [-0.39, 0.29) is 11.4 Å². The number of aromatic hydroxyl groups is 1. The van der Waals surface area contributed by atoms with Crippen molar-refractivity contribution in [1.29, 1.82) is 0 Å². The second kappa shape index (κ2) is 6.40. The molecule has 0 saturated heterocycles. The Morgan fingerprint density at radius 1 is 0.917 bits per heavy atom. The fourth-order valence-electron chi connectivity index (χ4n) is 3.15. The molecule has 24 heavy (non-hydrogen) atoms. The van der Waals surface area contributed by atoms with Gasteiger partial charge in [0.25, 0.3) is 5.56 Å². The molecule has 4 heteroatoms. The quantitative estimate of drug-likeness (QED) is 0.788. The lowest BCUT2D eigenvalue weighted by Crippen LogP contribution is -2.22. The molecule has 0 unspecified atom stereocenters. The van der Waals surface area contributed by atoms with Crippen molar-refractivity contribution in [2.45, 2.75) is 33.9 Å². The number of aromatic nitrogens is 2. The molecule has 0 fully saturated rings. The molecule has 124 valence electrons. The van der Waals surface area contributed by atoms with Crippen LogP contribution in [-0.4, -0.2) is 14.5 Å². The zero-order valence-corrected chi connectivity index (χ0v) is 14.3. The lowest BCUT2D eigenvalue weighted by molar-refractivity contribution is 0.366. The normalized spacial score (nSPS) is 11.0. The summed E-state index contributed by atoms with van der Waals surface area (Å²) >= 11 is 0. The Kier molecular flexibility index (Phi) is 4.30. The first-order chi connectivity index (χ1) is 11.6. The van der Waals surface area contributed by atoms with Gasteiger partial charge in [-0.3, -0.25) is 9.48 Å². The maximum absolute atomic E-state index is 12.8. The smallest absolute Gasteiger partial charge is 0.278 e. The summed E-state index contributed by atoms with van der Waals surface area (Å²) < 4.78 is 3.21. The summed E-state index contributed by atoms with van der Waals surface area (Å²) in [5, 5.41) is 10.6. The van der Waals surface area contributed by atoms with Crippen LogP contribution in [0.15, 0.2) is 53.3 Å². The fraction of sp³-hybridized carbons (Fsp3) is 0.250. The minimum atomic E-state index is -0.148. The second-order valence-electron chi connectivity index (χ2n) is 5.83. The van der Waals surface area contributed by atoms with Crippen LogP contribution < -0.4 is 5.56 Å². The summed E-state index contributed by atoms with van der Waals surface area (Å²) in [6.07, 6.45) is 0. The van der Waals surface area contributed by atoms with E-state index < -0.39 is 0 Å². The number of rotatable bonds is 4. The number of hydrogen-bond donors (Lipinski definition) is 1. The molecule has 0 bridgehead atoms. The first kappa shape index (κ1) is 16.1. The van der Waals surface area contributed by atoms with Crippen molar-refractivity contribution in [2.24, 2.45) is 0 Å². The van der Waals surface area contributed by atoms with E-state index in [0.717, 1.165) is 22.3 Å². The Labute approximate surface area is 141 Å². The average molecular weight is 322 g/mol. The molecule has 4 nitrogen and oxygen atoms in total. The standard InChI is InChI=1S/C20H22N2O2/c1-4-21-19(23)18(20(24)22(21)5-2)17-13-16(12-11-14(17)3)15-9-7-6-8-10-15/h6-13,23H,4-5H2,1-3H3. The van der Waals surface area contributed by atoms with E-state index in [1.165, 1.54) is 0 Å². The maximum Gasteiger partial charge on any atom is 0.278 e. The van der Waals surface area contributed by atoms with Gasteiger partial charge in [0.15, 0.2) is 0 Å². The van der Waals surface area contributed by atoms with Crippen molar-refractivity contribution in [1.82, 2.24) is 9.36 Å². The van der Waals surface area contributed by atoms with Crippen LogP contribution in [0.1, 0.15) is 19.4 Å². The minimum absolute atomic E-state index is 0.0395. The molecule has 0 aliphatic carbocycles. The molecule has 0 aliphatic heterocycles. The first-order valence-corrected chi connectivity index (χ1v) is 8.27. The van der Waals surface area contributed by atoms with Crippen LogP contribution in [0, 0.1) is 6.92 Å². The Morgan fingerprint density at radius 3 is 2.17 bits per heavy atom. The third-order valence-electron chi connectivity index (χ3n) is 4.42. The molecule has 0 spiro atoms. The second-order valence-corrected chi connectivity index (χ2v) is 5.83. The highest BCUT2D eigenvalue weighted by Gasteiger charge is 2.21. The van der Waals surface area contributed by atoms with Gasteiger partial charge in [0.1, 0.15) is 5.56 Å². The number of hydrogen-bond acceptors (Lipinski definition) is 2. The fourth-order valence-corrected chi connectivity index (χ4v) is 3.15. The average Bonchev–Trinajstić information content (AvgIpc) is 2.85. The van der Waals surface area contributed by atoms with Gasteiger partial charge in [-0.1, -0.05) is 42.5 Å². The summed E-state index contributed by atoms with van der Waals surface area (Å²) in [7, 11) is 0. The van der Waals surface area contributed by atoms with Gasteiger partial charge in [-0.05, 0) is 49.1 Å². The molecule has 3 rings (SSSR count). The van der Waals surface area contributed by atoms with Crippen LogP contribution >= 0.6 is 0 Å². The SMILES string of the molecule is CCn1c(O)c(-c2cc(-c3ccccc3)ccc2C)c(=O)n1CC. The summed E-state index contributed by atoms with van der Waals surface area (Å²) in [5.41, 5.74) is 4.11. The third kappa shape index (κ3) is 2.54. The van der Waals surface area contributed by atoms with Crippen molar-refractivity contribution in [3.63, 3.8) is 0 Å². The maximum atomic E-state index is 12.8. The van der Waals surface area contributed by atoms with Crippen molar-refractivity contribution in [3.05, 3.63) is 64.4 Å². The number of nitrogens with zero attached hydrogens (tertiary/aromatic N) is 2. The third-order valence-corrected chi connectivity index (χ3v) is 4.42. The molecule has 1 aromatic heterocycles. The van der Waals surface area contributed by atoms with E-state index >= 15 is 0 Å².